The lowest BCUT2D eigenvalue weighted by atomic mass is 9.97. The third-order valence-corrected chi connectivity index (χ3v) is 4.38. The molecule has 180 valence electrons. The van der Waals surface area contributed by atoms with Gasteiger partial charge < -0.3 is 25.0 Å². The van der Waals surface area contributed by atoms with Gasteiger partial charge in [0.05, 0.1) is 6.54 Å². The highest BCUT2D eigenvalue weighted by molar-refractivity contribution is 14.0. The molecule has 0 saturated heterocycles. The summed E-state index contributed by atoms with van der Waals surface area (Å²) < 4.78 is 71.4. The van der Waals surface area contributed by atoms with E-state index in [9.17, 15) is 27.1 Å². The Hall–Kier alpha value is -2.16. The molecule has 0 aliphatic rings. The van der Waals surface area contributed by atoms with Gasteiger partial charge in [0.15, 0.2) is 5.96 Å². The Morgan fingerprint density at radius 2 is 1.94 bits per heavy atom. The first kappa shape index (κ1) is 27.9. The molecule has 1 aromatic carbocycles. The number of rotatable bonds is 9. The molecule has 0 saturated carbocycles. The molecule has 32 heavy (non-hydrogen) atoms. The number of nitrogens with zero attached hydrogens (tertiary/aromatic N) is 3. The fourth-order valence-corrected chi connectivity index (χ4v) is 2.86. The number of nitrogens with one attached hydrogen (secondary N) is 2. The SMILES string of the molecule is CCNC(=NCc1ccccc1OC(F)F)NCCC(O)(c1nccn1C)C(F)(F)F.I. The van der Waals surface area contributed by atoms with Crippen LogP contribution < -0.4 is 15.4 Å². The molecule has 0 fully saturated rings. The molecule has 1 atom stereocenters. The van der Waals surface area contributed by atoms with E-state index in [1.54, 1.807) is 19.1 Å². The van der Waals surface area contributed by atoms with E-state index in [4.69, 9.17) is 0 Å². The van der Waals surface area contributed by atoms with E-state index in [2.05, 4.69) is 25.3 Å². The average molecular weight is 577 g/mol. The fourth-order valence-electron chi connectivity index (χ4n) is 2.86. The maximum Gasteiger partial charge on any atom is 0.424 e. The number of imidazole rings is 1. The minimum atomic E-state index is -4.95. The van der Waals surface area contributed by atoms with Crippen LogP contribution in [0.3, 0.4) is 0 Å². The third-order valence-electron chi connectivity index (χ3n) is 4.38. The second-order valence-corrected chi connectivity index (χ2v) is 6.58. The molecule has 1 unspecified atom stereocenters. The van der Waals surface area contributed by atoms with Gasteiger partial charge in [0.2, 0.25) is 5.60 Å². The number of aliphatic imine (C=N–C) groups is 1. The smallest absolute Gasteiger partial charge is 0.424 e. The van der Waals surface area contributed by atoms with Gasteiger partial charge in [-0.2, -0.15) is 22.0 Å². The van der Waals surface area contributed by atoms with Gasteiger partial charge in [-0.05, 0) is 13.0 Å². The summed E-state index contributed by atoms with van der Waals surface area (Å²) in [4.78, 5) is 7.84. The lowest BCUT2D eigenvalue weighted by molar-refractivity contribution is -0.272. The number of halogens is 6. The van der Waals surface area contributed by atoms with Crippen molar-refractivity contribution in [1.29, 1.82) is 0 Å². The summed E-state index contributed by atoms with van der Waals surface area (Å²) in [5, 5.41) is 15.9. The summed E-state index contributed by atoms with van der Waals surface area (Å²) in [6.45, 7) is -1.18. The highest BCUT2D eigenvalue weighted by Crippen LogP contribution is 2.40. The summed E-state index contributed by atoms with van der Waals surface area (Å²) in [6, 6.07) is 6.08. The minimum absolute atomic E-state index is 0. The van der Waals surface area contributed by atoms with Crippen LogP contribution in [0.2, 0.25) is 0 Å². The normalized spacial score (nSPS) is 14.0. The highest BCUT2D eigenvalue weighted by atomic mass is 127. The molecule has 2 aromatic rings. The molecule has 0 bridgehead atoms. The third kappa shape index (κ3) is 7.18. The van der Waals surface area contributed by atoms with Gasteiger partial charge in [-0.15, -0.1) is 24.0 Å². The van der Waals surface area contributed by atoms with Crippen LogP contribution >= 0.6 is 24.0 Å². The summed E-state index contributed by atoms with van der Waals surface area (Å²) in [5.74, 6) is -0.418. The molecule has 0 spiro atoms. The summed E-state index contributed by atoms with van der Waals surface area (Å²) in [7, 11) is 1.36. The summed E-state index contributed by atoms with van der Waals surface area (Å²) in [5.41, 5.74) is -2.78. The number of aliphatic hydroxyl groups is 1. The lowest BCUT2D eigenvalue weighted by Crippen LogP contribution is -2.47. The zero-order valence-electron chi connectivity index (χ0n) is 17.4. The Labute approximate surface area is 199 Å². The van der Waals surface area contributed by atoms with Crippen LogP contribution in [0.5, 0.6) is 5.75 Å². The number of hydrogen-bond donors (Lipinski definition) is 3. The van der Waals surface area contributed by atoms with E-state index >= 15 is 0 Å². The van der Waals surface area contributed by atoms with Crippen LogP contribution in [0.4, 0.5) is 22.0 Å². The Morgan fingerprint density at radius 3 is 2.50 bits per heavy atom. The first-order valence-electron chi connectivity index (χ1n) is 9.40. The lowest BCUT2D eigenvalue weighted by Gasteiger charge is -2.30. The van der Waals surface area contributed by atoms with E-state index in [1.165, 1.54) is 31.6 Å². The summed E-state index contributed by atoms with van der Waals surface area (Å²) >= 11 is 0. The molecule has 2 rings (SSSR count). The molecule has 13 heteroatoms. The first-order valence-corrected chi connectivity index (χ1v) is 9.40. The van der Waals surface area contributed by atoms with Crippen LogP contribution in [0.1, 0.15) is 24.7 Å². The van der Waals surface area contributed by atoms with Gasteiger partial charge >= 0.3 is 12.8 Å². The van der Waals surface area contributed by atoms with Crippen molar-refractivity contribution in [2.45, 2.75) is 38.3 Å². The van der Waals surface area contributed by atoms with E-state index in [-0.39, 0.29) is 48.8 Å². The summed E-state index contributed by atoms with van der Waals surface area (Å²) in [6.07, 6.45) is -3.19. The molecule has 1 heterocycles. The number of guanidine groups is 1. The average Bonchev–Trinajstić information content (AvgIpc) is 3.12. The first-order chi connectivity index (χ1) is 14.6. The van der Waals surface area contributed by atoms with Crippen LogP contribution in [0.15, 0.2) is 41.7 Å². The molecular formula is C19H25F5IN5O2. The van der Waals surface area contributed by atoms with Crippen molar-refractivity contribution >= 4 is 29.9 Å². The Kier molecular flexibility index (Phi) is 10.6. The van der Waals surface area contributed by atoms with Crippen LogP contribution in [-0.4, -0.2) is 46.5 Å². The molecule has 0 aliphatic heterocycles. The standard InChI is InChI=1S/C19H24F5N5O2.HI/c1-3-25-17(28-12-13-6-4-5-7-14(13)31-16(20)21)27-9-8-18(30,19(22,23)24)15-26-10-11-29(15)2;/h4-7,10-11,16,30H,3,8-9,12H2,1-2H3,(H2,25,27,28);1H. The van der Waals surface area contributed by atoms with Gasteiger partial charge in [0, 0.05) is 44.5 Å². The quantitative estimate of drug-likeness (QED) is 0.184. The van der Waals surface area contributed by atoms with Crippen molar-refractivity contribution in [3.05, 3.63) is 48.0 Å². The Morgan fingerprint density at radius 1 is 1.25 bits per heavy atom. The molecular weight excluding hydrogens is 552 g/mol. The van der Waals surface area contributed by atoms with Crippen molar-refractivity contribution < 1.29 is 31.8 Å². The molecule has 7 nitrogen and oxygen atoms in total. The van der Waals surface area contributed by atoms with Crippen LogP contribution in [-0.2, 0) is 19.2 Å². The van der Waals surface area contributed by atoms with Gasteiger partial charge in [0.1, 0.15) is 11.6 Å². The van der Waals surface area contributed by atoms with E-state index in [1.807, 2.05) is 0 Å². The Balaban J connectivity index is 0.00000512. The molecule has 3 N–H and O–H groups in total. The molecule has 0 amide bonds. The van der Waals surface area contributed by atoms with E-state index < -0.39 is 30.6 Å². The minimum Gasteiger partial charge on any atom is -0.434 e. The number of alkyl halides is 5. The Bertz CT molecular complexity index is 878. The maximum atomic E-state index is 13.6. The van der Waals surface area contributed by atoms with Gasteiger partial charge in [0.25, 0.3) is 0 Å². The topological polar surface area (TPSA) is 83.7 Å². The number of para-hydroxylation sites is 1. The van der Waals surface area contributed by atoms with Gasteiger partial charge in [-0.1, -0.05) is 18.2 Å². The number of aromatic nitrogens is 2. The molecule has 0 radical (unpaired) electrons. The van der Waals surface area contributed by atoms with Gasteiger partial charge in [-0.25, -0.2) is 9.98 Å². The van der Waals surface area contributed by atoms with Gasteiger partial charge in [-0.3, -0.25) is 0 Å². The maximum absolute atomic E-state index is 13.6. The second kappa shape index (κ2) is 12.2. The van der Waals surface area contributed by atoms with Crippen molar-refractivity contribution in [1.82, 2.24) is 20.2 Å². The predicted octanol–water partition coefficient (Wildman–Crippen LogP) is 3.53. The second-order valence-electron chi connectivity index (χ2n) is 6.58. The van der Waals surface area contributed by atoms with Crippen molar-refractivity contribution in [2.75, 3.05) is 13.1 Å². The monoisotopic (exact) mass is 577 g/mol. The van der Waals surface area contributed by atoms with Crippen LogP contribution in [0, 0.1) is 0 Å². The fraction of sp³-hybridized carbons (Fsp3) is 0.474. The number of benzene rings is 1. The number of aryl methyl sites for hydroxylation is 1. The predicted molar refractivity (Wildman–Crippen MR) is 119 cm³/mol. The van der Waals surface area contributed by atoms with Crippen molar-refractivity contribution in [3.63, 3.8) is 0 Å². The number of ether oxygens (including phenoxy) is 1. The van der Waals surface area contributed by atoms with E-state index in [0.29, 0.717) is 12.1 Å². The molecule has 1 aromatic heterocycles. The largest absolute Gasteiger partial charge is 0.434 e. The van der Waals surface area contributed by atoms with Crippen molar-refractivity contribution in [3.8, 4) is 5.75 Å². The highest BCUT2D eigenvalue weighted by Gasteiger charge is 2.57. The zero-order valence-corrected chi connectivity index (χ0v) is 19.7. The molecule has 0 aliphatic carbocycles. The van der Waals surface area contributed by atoms with E-state index in [0.717, 1.165) is 4.57 Å². The zero-order chi connectivity index (χ0) is 23.1. The van der Waals surface area contributed by atoms with Crippen molar-refractivity contribution in [2.24, 2.45) is 12.0 Å². The number of hydrogen-bond acceptors (Lipinski definition) is 4. The van der Waals surface area contributed by atoms with Crippen LogP contribution in [0.25, 0.3) is 0 Å².